The Bertz CT molecular complexity index is 1360. The highest BCUT2D eigenvalue weighted by Crippen LogP contribution is 2.35. The fourth-order valence-electron chi connectivity index (χ4n) is 5.23. The van der Waals surface area contributed by atoms with Crippen molar-refractivity contribution in [2.45, 2.75) is 45.1 Å². The molecule has 2 aliphatic heterocycles. The fourth-order valence-corrected chi connectivity index (χ4v) is 5.45. The van der Waals surface area contributed by atoms with E-state index in [1.807, 2.05) is 39.0 Å². The smallest absolute Gasteiger partial charge is 0.410 e. The number of amides is 3. The van der Waals surface area contributed by atoms with Crippen LogP contribution in [0.25, 0.3) is 5.69 Å². The Hall–Kier alpha value is -3.79. The van der Waals surface area contributed by atoms with Gasteiger partial charge in [0.2, 0.25) is 0 Å². The van der Waals surface area contributed by atoms with E-state index in [-0.39, 0.29) is 23.8 Å². The van der Waals surface area contributed by atoms with E-state index in [4.69, 9.17) is 20.8 Å². The lowest BCUT2D eigenvalue weighted by molar-refractivity contribution is 0.0202. The number of hydrogen-bond acceptors (Lipinski definition) is 6. The molecule has 10 nitrogen and oxygen atoms in total. The lowest BCUT2D eigenvalue weighted by Crippen LogP contribution is -2.50. The van der Waals surface area contributed by atoms with Crippen LogP contribution >= 0.6 is 11.6 Å². The van der Waals surface area contributed by atoms with Crippen molar-refractivity contribution in [2.75, 3.05) is 39.3 Å². The number of ether oxygens (including phenoxy) is 1. The molecule has 2 aromatic heterocycles. The molecule has 3 aromatic rings. The lowest BCUT2D eigenvalue weighted by Gasteiger charge is -2.35. The highest BCUT2D eigenvalue weighted by molar-refractivity contribution is 6.32. The monoisotopic (exact) mass is 567 g/mol. The number of aromatic nitrogens is 2. The molecule has 2 fully saturated rings. The van der Waals surface area contributed by atoms with Crippen molar-refractivity contribution in [2.24, 2.45) is 0 Å². The maximum atomic E-state index is 13.9. The molecular weight excluding hydrogens is 534 g/mol. The molecule has 0 aliphatic carbocycles. The van der Waals surface area contributed by atoms with Gasteiger partial charge in [-0.05, 0) is 57.9 Å². The number of para-hydroxylation sites is 1. The average Bonchev–Trinajstić information content (AvgIpc) is 3.63. The summed E-state index contributed by atoms with van der Waals surface area (Å²) in [6.07, 6.45) is 4.07. The van der Waals surface area contributed by atoms with E-state index in [0.717, 1.165) is 5.69 Å². The van der Waals surface area contributed by atoms with E-state index in [2.05, 4.69) is 5.10 Å². The predicted octanol–water partition coefficient (Wildman–Crippen LogP) is 4.83. The molecule has 40 heavy (non-hydrogen) atoms. The van der Waals surface area contributed by atoms with Crippen LogP contribution in [0.3, 0.4) is 0 Å². The van der Waals surface area contributed by atoms with Gasteiger partial charge in [0.05, 0.1) is 34.4 Å². The van der Waals surface area contributed by atoms with E-state index < -0.39 is 5.60 Å². The fraction of sp³-hybridized carbons (Fsp3) is 0.448. The second-order valence-corrected chi connectivity index (χ2v) is 11.5. The van der Waals surface area contributed by atoms with Gasteiger partial charge >= 0.3 is 6.09 Å². The van der Waals surface area contributed by atoms with Crippen molar-refractivity contribution in [3.63, 3.8) is 0 Å². The zero-order valence-corrected chi connectivity index (χ0v) is 23.8. The Morgan fingerprint density at radius 1 is 0.900 bits per heavy atom. The molecule has 0 bridgehead atoms. The van der Waals surface area contributed by atoms with E-state index in [9.17, 15) is 14.4 Å². The molecule has 0 saturated carbocycles. The van der Waals surface area contributed by atoms with Crippen LogP contribution in [0.4, 0.5) is 4.79 Å². The molecule has 0 unspecified atom stereocenters. The van der Waals surface area contributed by atoms with Gasteiger partial charge in [-0.15, -0.1) is 0 Å². The van der Waals surface area contributed by atoms with Gasteiger partial charge in [0.1, 0.15) is 5.60 Å². The van der Waals surface area contributed by atoms with E-state index in [0.29, 0.717) is 74.1 Å². The topological polar surface area (TPSA) is 101 Å². The van der Waals surface area contributed by atoms with Gasteiger partial charge in [0, 0.05) is 45.2 Å². The molecular formula is C29H34ClN5O5. The van der Waals surface area contributed by atoms with Gasteiger partial charge in [0.15, 0.2) is 5.76 Å². The van der Waals surface area contributed by atoms with Crippen molar-refractivity contribution < 1.29 is 23.5 Å². The van der Waals surface area contributed by atoms with Crippen LogP contribution in [0, 0.1) is 0 Å². The number of carbonyl (C=O) groups is 3. The second-order valence-electron chi connectivity index (χ2n) is 11.1. The van der Waals surface area contributed by atoms with E-state index in [1.54, 1.807) is 43.8 Å². The van der Waals surface area contributed by atoms with Crippen molar-refractivity contribution in [1.82, 2.24) is 24.5 Å². The van der Waals surface area contributed by atoms with Crippen LogP contribution in [-0.2, 0) is 4.74 Å². The third kappa shape index (κ3) is 5.86. The van der Waals surface area contributed by atoms with Gasteiger partial charge in [-0.2, -0.15) is 5.10 Å². The normalized spacial score (nSPS) is 16.8. The average molecular weight is 568 g/mol. The maximum Gasteiger partial charge on any atom is 0.410 e. The standard InChI is InChI=1S/C29H34ClN5O5/c1-29(2,3)40-28(38)34-12-10-20(11-13-34)25-21(19-31-35(25)23-8-5-4-7-22(23)30)26(36)32-14-16-33(17-15-32)27(37)24-9-6-18-39-24/h4-9,18-20H,10-17H2,1-3H3. The summed E-state index contributed by atoms with van der Waals surface area (Å²) in [5.41, 5.74) is 1.43. The summed E-state index contributed by atoms with van der Waals surface area (Å²) in [6, 6.07) is 10.7. The quantitative estimate of drug-likeness (QED) is 0.447. The molecule has 2 aliphatic rings. The zero-order valence-electron chi connectivity index (χ0n) is 23.0. The summed E-state index contributed by atoms with van der Waals surface area (Å²) in [5, 5.41) is 5.15. The van der Waals surface area contributed by atoms with Gasteiger partial charge in [-0.25, -0.2) is 9.48 Å². The van der Waals surface area contributed by atoms with Crippen molar-refractivity contribution >= 4 is 29.5 Å². The van der Waals surface area contributed by atoms with Crippen molar-refractivity contribution in [3.8, 4) is 5.69 Å². The summed E-state index contributed by atoms with van der Waals surface area (Å²) in [5.74, 6) is -0.0342. The molecule has 0 atom stereocenters. The maximum absolute atomic E-state index is 13.9. The Morgan fingerprint density at radius 2 is 1.55 bits per heavy atom. The number of carbonyl (C=O) groups excluding carboxylic acids is 3. The Labute approximate surface area is 238 Å². The van der Waals surface area contributed by atoms with Gasteiger partial charge in [-0.1, -0.05) is 23.7 Å². The largest absolute Gasteiger partial charge is 0.459 e. The Balaban J connectivity index is 1.36. The molecule has 11 heteroatoms. The first-order valence-corrected chi connectivity index (χ1v) is 13.9. The number of benzene rings is 1. The van der Waals surface area contributed by atoms with Crippen molar-refractivity contribution in [1.29, 1.82) is 0 Å². The minimum Gasteiger partial charge on any atom is -0.459 e. The SMILES string of the molecule is CC(C)(C)OC(=O)N1CCC(c2c(C(=O)N3CCN(C(=O)c4ccco4)CC3)cnn2-c2ccccc2Cl)CC1. The number of furan rings is 1. The highest BCUT2D eigenvalue weighted by atomic mass is 35.5. The van der Waals surface area contributed by atoms with Crippen LogP contribution in [0.1, 0.15) is 66.1 Å². The number of hydrogen-bond donors (Lipinski definition) is 0. The number of likely N-dealkylation sites (tertiary alicyclic amines) is 1. The molecule has 0 N–H and O–H groups in total. The van der Waals surface area contributed by atoms with E-state index in [1.165, 1.54) is 6.26 Å². The van der Waals surface area contributed by atoms with Crippen LogP contribution in [-0.4, -0.2) is 87.3 Å². The summed E-state index contributed by atoms with van der Waals surface area (Å²) in [7, 11) is 0. The molecule has 2 saturated heterocycles. The zero-order chi connectivity index (χ0) is 28.4. The third-order valence-electron chi connectivity index (χ3n) is 7.24. The summed E-state index contributed by atoms with van der Waals surface area (Å²) in [4.78, 5) is 44.4. The van der Waals surface area contributed by atoms with Crippen LogP contribution in [0.5, 0.6) is 0 Å². The number of nitrogens with zero attached hydrogens (tertiary/aromatic N) is 5. The Kier molecular flexibility index (Phi) is 7.89. The Morgan fingerprint density at radius 3 is 2.15 bits per heavy atom. The number of piperazine rings is 1. The summed E-state index contributed by atoms with van der Waals surface area (Å²) >= 11 is 6.55. The molecule has 0 radical (unpaired) electrons. The summed E-state index contributed by atoms with van der Waals surface area (Å²) < 4.78 is 12.6. The lowest BCUT2D eigenvalue weighted by atomic mass is 9.90. The first-order valence-electron chi connectivity index (χ1n) is 13.5. The van der Waals surface area contributed by atoms with Crippen molar-refractivity contribution in [3.05, 3.63) is 70.9 Å². The first-order chi connectivity index (χ1) is 19.1. The molecule has 4 heterocycles. The molecule has 3 amide bonds. The highest BCUT2D eigenvalue weighted by Gasteiger charge is 2.35. The first kappa shape index (κ1) is 27.8. The minimum absolute atomic E-state index is 0.0155. The number of piperidine rings is 1. The minimum atomic E-state index is -0.567. The van der Waals surface area contributed by atoms with Crippen LogP contribution < -0.4 is 0 Å². The molecule has 5 rings (SSSR count). The van der Waals surface area contributed by atoms with Gasteiger partial charge in [-0.3, -0.25) is 9.59 Å². The van der Waals surface area contributed by atoms with Gasteiger partial charge in [0.25, 0.3) is 11.8 Å². The third-order valence-corrected chi connectivity index (χ3v) is 7.56. The summed E-state index contributed by atoms with van der Waals surface area (Å²) in [6.45, 7) is 8.20. The molecule has 212 valence electrons. The van der Waals surface area contributed by atoms with Crippen LogP contribution in [0.15, 0.2) is 53.3 Å². The molecule has 0 spiro atoms. The van der Waals surface area contributed by atoms with E-state index >= 15 is 0 Å². The van der Waals surface area contributed by atoms with Crippen LogP contribution in [0.2, 0.25) is 5.02 Å². The second kappa shape index (κ2) is 11.4. The number of rotatable bonds is 4. The predicted molar refractivity (Wildman–Crippen MR) is 149 cm³/mol. The van der Waals surface area contributed by atoms with Gasteiger partial charge < -0.3 is 23.9 Å². The molecule has 1 aromatic carbocycles. The number of halogens is 1.